The van der Waals surface area contributed by atoms with Crippen LogP contribution in [0.15, 0.2) is 10.1 Å². The highest BCUT2D eigenvalue weighted by molar-refractivity contribution is 5.92. The standard InChI is InChI=1S/C7H16N6/c8-6(9)11-7(10)13-12-5-3-1-2-4-5/h5,12H,1-4H2,(H6,8,9,10,11,13). The molecule has 0 heterocycles. The highest BCUT2D eigenvalue weighted by atomic mass is 15.4. The molecule has 0 unspecified atom stereocenters. The van der Waals surface area contributed by atoms with Gasteiger partial charge in [-0.1, -0.05) is 12.8 Å². The molecule has 6 heteroatoms. The number of hydrazone groups is 1. The Morgan fingerprint density at radius 1 is 1.15 bits per heavy atom. The van der Waals surface area contributed by atoms with Crippen molar-refractivity contribution in [3.63, 3.8) is 0 Å². The van der Waals surface area contributed by atoms with Gasteiger partial charge in [-0.3, -0.25) is 0 Å². The van der Waals surface area contributed by atoms with Gasteiger partial charge in [-0.25, -0.2) is 0 Å². The van der Waals surface area contributed by atoms with Crippen LogP contribution in [-0.2, 0) is 0 Å². The first-order valence-electron chi connectivity index (χ1n) is 4.37. The number of aliphatic imine (C=N–C) groups is 1. The predicted molar refractivity (Wildman–Crippen MR) is 52.8 cm³/mol. The molecule has 0 aromatic heterocycles. The number of nitrogens with zero attached hydrogens (tertiary/aromatic N) is 2. The SMILES string of the molecule is NC(N)=NC(N)=NNC1CCCC1. The Balaban J connectivity index is 2.33. The summed E-state index contributed by atoms with van der Waals surface area (Å²) >= 11 is 0. The third kappa shape index (κ3) is 3.64. The first-order chi connectivity index (χ1) is 6.18. The van der Waals surface area contributed by atoms with Crippen LogP contribution in [-0.4, -0.2) is 18.0 Å². The first-order valence-corrected chi connectivity index (χ1v) is 4.37. The van der Waals surface area contributed by atoms with Gasteiger partial charge in [0.05, 0.1) is 0 Å². The molecule has 0 amide bonds. The molecule has 0 aliphatic heterocycles. The number of hydrogen-bond donors (Lipinski definition) is 4. The first kappa shape index (κ1) is 9.63. The van der Waals surface area contributed by atoms with Gasteiger partial charge in [0.1, 0.15) is 0 Å². The maximum atomic E-state index is 5.39. The average Bonchev–Trinajstić information content (AvgIpc) is 2.51. The molecule has 0 bridgehead atoms. The molecule has 0 spiro atoms. The molecule has 1 rings (SSSR count). The van der Waals surface area contributed by atoms with Crippen molar-refractivity contribution in [1.29, 1.82) is 0 Å². The van der Waals surface area contributed by atoms with Gasteiger partial charge in [-0.2, -0.15) is 4.99 Å². The highest BCUT2D eigenvalue weighted by Crippen LogP contribution is 2.17. The van der Waals surface area contributed by atoms with Crippen LogP contribution < -0.4 is 22.6 Å². The van der Waals surface area contributed by atoms with Crippen LogP contribution in [0.5, 0.6) is 0 Å². The van der Waals surface area contributed by atoms with E-state index in [9.17, 15) is 0 Å². The highest BCUT2D eigenvalue weighted by Gasteiger charge is 2.13. The fourth-order valence-electron chi connectivity index (χ4n) is 1.37. The van der Waals surface area contributed by atoms with E-state index >= 15 is 0 Å². The summed E-state index contributed by atoms with van der Waals surface area (Å²) in [6.45, 7) is 0. The van der Waals surface area contributed by atoms with Gasteiger partial charge >= 0.3 is 0 Å². The second kappa shape index (κ2) is 4.54. The van der Waals surface area contributed by atoms with E-state index in [2.05, 4.69) is 15.5 Å². The fraction of sp³-hybridized carbons (Fsp3) is 0.714. The van der Waals surface area contributed by atoms with Crippen molar-refractivity contribution in [3.8, 4) is 0 Å². The smallest absolute Gasteiger partial charge is 0.240 e. The average molecular weight is 184 g/mol. The maximum absolute atomic E-state index is 5.39. The molecule has 1 aliphatic carbocycles. The normalized spacial score (nSPS) is 18.6. The quantitative estimate of drug-likeness (QED) is 0.251. The zero-order valence-corrected chi connectivity index (χ0v) is 7.53. The molecule has 0 atom stereocenters. The Bertz CT molecular complexity index is 211. The lowest BCUT2D eigenvalue weighted by atomic mass is 10.3. The predicted octanol–water partition coefficient (Wildman–Crippen LogP) is -0.978. The van der Waals surface area contributed by atoms with Gasteiger partial charge in [-0.05, 0) is 12.8 Å². The van der Waals surface area contributed by atoms with Crippen LogP contribution in [0, 0.1) is 0 Å². The molecule has 13 heavy (non-hydrogen) atoms. The third-order valence-corrected chi connectivity index (χ3v) is 1.96. The van der Waals surface area contributed by atoms with Crippen LogP contribution in [0.1, 0.15) is 25.7 Å². The second-order valence-electron chi connectivity index (χ2n) is 3.12. The number of hydrogen-bond acceptors (Lipinski definition) is 2. The molecule has 1 aliphatic rings. The molecular weight excluding hydrogens is 168 g/mol. The minimum atomic E-state index is -0.0746. The van der Waals surface area contributed by atoms with E-state index < -0.39 is 0 Å². The van der Waals surface area contributed by atoms with Crippen LogP contribution in [0.2, 0.25) is 0 Å². The molecule has 74 valence electrons. The van der Waals surface area contributed by atoms with Crippen molar-refractivity contribution in [2.24, 2.45) is 27.3 Å². The van der Waals surface area contributed by atoms with Crippen LogP contribution >= 0.6 is 0 Å². The maximum Gasteiger partial charge on any atom is 0.240 e. The Hall–Kier alpha value is -1.46. The molecule has 0 radical (unpaired) electrons. The minimum absolute atomic E-state index is 0.0746. The van der Waals surface area contributed by atoms with Crippen molar-refractivity contribution in [2.75, 3.05) is 0 Å². The zero-order valence-electron chi connectivity index (χ0n) is 7.53. The van der Waals surface area contributed by atoms with Crippen molar-refractivity contribution in [1.82, 2.24) is 5.43 Å². The van der Waals surface area contributed by atoms with Crippen molar-refractivity contribution in [2.45, 2.75) is 31.7 Å². The summed E-state index contributed by atoms with van der Waals surface area (Å²) in [5.41, 5.74) is 18.6. The van der Waals surface area contributed by atoms with Gasteiger partial charge in [0.25, 0.3) is 0 Å². The van der Waals surface area contributed by atoms with E-state index in [4.69, 9.17) is 17.2 Å². The summed E-state index contributed by atoms with van der Waals surface area (Å²) in [5, 5.41) is 3.84. The van der Waals surface area contributed by atoms with E-state index in [0.29, 0.717) is 6.04 Å². The lowest BCUT2D eigenvalue weighted by Gasteiger charge is -2.07. The number of nitrogens with one attached hydrogen (secondary N) is 1. The summed E-state index contributed by atoms with van der Waals surface area (Å²) in [5.74, 6) is 0.00127. The lowest BCUT2D eigenvalue weighted by Crippen LogP contribution is -2.29. The molecule has 0 aromatic rings. The largest absolute Gasteiger partial charge is 0.370 e. The minimum Gasteiger partial charge on any atom is -0.370 e. The van der Waals surface area contributed by atoms with Crippen molar-refractivity contribution in [3.05, 3.63) is 0 Å². The summed E-state index contributed by atoms with van der Waals surface area (Å²) in [7, 11) is 0. The van der Waals surface area contributed by atoms with Gasteiger partial charge in [0.2, 0.25) is 5.96 Å². The topological polar surface area (TPSA) is 115 Å². The van der Waals surface area contributed by atoms with Crippen LogP contribution in [0.25, 0.3) is 0 Å². The number of nitrogens with two attached hydrogens (primary N) is 3. The molecule has 0 aromatic carbocycles. The van der Waals surface area contributed by atoms with Crippen molar-refractivity contribution >= 4 is 11.9 Å². The lowest BCUT2D eigenvalue weighted by molar-refractivity contribution is 0.546. The summed E-state index contributed by atoms with van der Waals surface area (Å²) < 4.78 is 0. The Labute approximate surface area is 77.3 Å². The van der Waals surface area contributed by atoms with E-state index in [1.807, 2.05) is 0 Å². The van der Waals surface area contributed by atoms with E-state index in [1.165, 1.54) is 12.8 Å². The number of guanidine groups is 2. The monoisotopic (exact) mass is 184 g/mol. The Morgan fingerprint density at radius 3 is 2.31 bits per heavy atom. The number of rotatable bonds is 2. The van der Waals surface area contributed by atoms with Gasteiger partial charge in [-0.15, -0.1) is 5.10 Å². The molecule has 1 saturated carbocycles. The molecular formula is C7H16N6. The van der Waals surface area contributed by atoms with Crippen molar-refractivity contribution < 1.29 is 0 Å². The fourth-order valence-corrected chi connectivity index (χ4v) is 1.37. The molecule has 0 saturated heterocycles. The second-order valence-corrected chi connectivity index (χ2v) is 3.12. The van der Waals surface area contributed by atoms with Crippen LogP contribution in [0.3, 0.4) is 0 Å². The van der Waals surface area contributed by atoms with E-state index in [-0.39, 0.29) is 11.9 Å². The summed E-state index contributed by atoms with van der Waals surface area (Å²) in [6.07, 6.45) is 4.77. The zero-order chi connectivity index (χ0) is 9.68. The van der Waals surface area contributed by atoms with E-state index in [0.717, 1.165) is 12.8 Å². The van der Waals surface area contributed by atoms with E-state index in [1.54, 1.807) is 0 Å². The molecule has 6 nitrogen and oxygen atoms in total. The molecule has 7 N–H and O–H groups in total. The molecule has 1 fully saturated rings. The Morgan fingerprint density at radius 2 is 1.77 bits per heavy atom. The summed E-state index contributed by atoms with van der Waals surface area (Å²) in [4.78, 5) is 3.58. The van der Waals surface area contributed by atoms with Gasteiger partial charge in [0, 0.05) is 6.04 Å². The third-order valence-electron chi connectivity index (χ3n) is 1.96. The van der Waals surface area contributed by atoms with Crippen LogP contribution in [0.4, 0.5) is 0 Å². The van der Waals surface area contributed by atoms with Gasteiger partial charge < -0.3 is 22.6 Å². The Kier molecular flexibility index (Phi) is 3.36. The summed E-state index contributed by atoms with van der Waals surface area (Å²) in [6, 6.07) is 0.424. The van der Waals surface area contributed by atoms with Gasteiger partial charge in [0.15, 0.2) is 5.96 Å².